The zero-order valence-electron chi connectivity index (χ0n) is 16.4. The number of hydrogen-bond acceptors (Lipinski definition) is 5. The molecule has 0 saturated carbocycles. The molecule has 0 bridgehead atoms. The molecule has 2 aromatic rings. The fourth-order valence-corrected chi connectivity index (χ4v) is 4.76. The Morgan fingerprint density at radius 3 is 2.39 bits per heavy atom. The summed E-state index contributed by atoms with van der Waals surface area (Å²) in [6.45, 7) is 3.35. The predicted octanol–water partition coefficient (Wildman–Crippen LogP) is 2.89. The van der Waals surface area contributed by atoms with Crippen LogP contribution in [0.1, 0.15) is 18.4 Å². The predicted molar refractivity (Wildman–Crippen MR) is 109 cm³/mol. The molecule has 2 aromatic carbocycles. The molecule has 0 amide bonds. The molecule has 0 aromatic heterocycles. The maximum Gasteiger partial charge on any atom is 0.244 e. The largest absolute Gasteiger partial charge is 0.497 e. The minimum Gasteiger partial charge on any atom is -0.497 e. The standard InChI is InChI=1S/C21H28N2O4S/c1-26-19-8-9-21(20(14-19)27-2)28(24,25)22-15-17-10-12-23(13-11-17)16-18-6-4-3-5-7-18/h3-9,14,17,22H,10-13,15-16H2,1-2H3. The van der Waals surface area contributed by atoms with Gasteiger partial charge in [0.2, 0.25) is 10.0 Å². The van der Waals surface area contributed by atoms with Crippen LogP contribution in [-0.4, -0.2) is 47.2 Å². The number of piperidine rings is 1. The molecule has 0 radical (unpaired) electrons. The third-order valence-electron chi connectivity index (χ3n) is 5.18. The second-order valence-corrected chi connectivity index (χ2v) is 8.81. The molecule has 1 aliphatic rings. The van der Waals surface area contributed by atoms with E-state index in [1.165, 1.54) is 25.8 Å². The van der Waals surface area contributed by atoms with E-state index in [4.69, 9.17) is 9.47 Å². The first kappa shape index (κ1) is 20.6. The maximum absolute atomic E-state index is 12.7. The summed E-state index contributed by atoms with van der Waals surface area (Å²) in [6.07, 6.45) is 1.96. The fourth-order valence-electron chi connectivity index (χ4n) is 3.49. The van der Waals surface area contributed by atoms with Crippen LogP contribution in [0.5, 0.6) is 11.5 Å². The van der Waals surface area contributed by atoms with Gasteiger partial charge in [0, 0.05) is 19.2 Å². The number of likely N-dealkylation sites (tertiary alicyclic amines) is 1. The lowest BCUT2D eigenvalue weighted by Crippen LogP contribution is -2.38. The van der Waals surface area contributed by atoms with Gasteiger partial charge in [0.1, 0.15) is 16.4 Å². The van der Waals surface area contributed by atoms with Gasteiger partial charge in [-0.3, -0.25) is 4.90 Å². The van der Waals surface area contributed by atoms with E-state index in [1.807, 2.05) is 6.07 Å². The molecule has 7 heteroatoms. The summed E-state index contributed by atoms with van der Waals surface area (Å²) in [6, 6.07) is 15.2. The Morgan fingerprint density at radius 1 is 1.04 bits per heavy atom. The number of rotatable bonds is 8. The third kappa shape index (κ3) is 5.25. The number of nitrogens with zero attached hydrogens (tertiary/aromatic N) is 1. The van der Waals surface area contributed by atoms with Crippen LogP contribution in [0.4, 0.5) is 0 Å². The summed E-state index contributed by atoms with van der Waals surface area (Å²) < 4.78 is 38.6. The third-order valence-corrected chi connectivity index (χ3v) is 6.64. The summed E-state index contributed by atoms with van der Waals surface area (Å²) in [4.78, 5) is 2.56. The lowest BCUT2D eigenvalue weighted by molar-refractivity contribution is 0.178. The van der Waals surface area contributed by atoms with Gasteiger partial charge in [-0.1, -0.05) is 30.3 Å². The van der Waals surface area contributed by atoms with Gasteiger partial charge in [0.25, 0.3) is 0 Å². The van der Waals surface area contributed by atoms with Crippen molar-refractivity contribution in [2.24, 2.45) is 5.92 Å². The molecule has 3 rings (SSSR count). The number of hydrogen-bond donors (Lipinski definition) is 1. The van der Waals surface area contributed by atoms with E-state index in [2.05, 4.69) is 33.9 Å². The minimum atomic E-state index is -3.63. The Labute approximate surface area is 167 Å². The van der Waals surface area contributed by atoms with Crippen molar-refractivity contribution in [1.29, 1.82) is 0 Å². The summed E-state index contributed by atoms with van der Waals surface area (Å²) in [5.41, 5.74) is 1.31. The van der Waals surface area contributed by atoms with Gasteiger partial charge in [-0.15, -0.1) is 0 Å². The van der Waals surface area contributed by atoms with Crippen molar-refractivity contribution >= 4 is 10.0 Å². The van der Waals surface area contributed by atoms with Gasteiger partial charge in [-0.05, 0) is 49.5 Å². The van der Waals surface area contributed by atoms with E-state index in [9.17, 15) is 8.42 Å². The number of nitrogens with one attached hydrogen (secondary N) is 1. The lowest BCUT2D eigenvalue weighted by atomic mass is 9.97. The Hall–Kier alpha value is -2.09. The average Bonchev–Trinajstić information content (AvgIpc) is 2.73. The van der Waals surface area contributed by atoms with Crippen LogP contribution in [0.25, 0.3) is 0 Å². The van der Waals surface area contributed by atoms with Gasteiger partial charge in [0.05, 0.1) is 14.2 Å². The maximum atomic E-state index is 12.7. The van der Waals surface area contributed by atoms with Crippen molar-refractivity contribution in [3.8, 4) is 11.5 Å². The molecule has 0 unspecified atom stereocenters. The highest BCUT2D eigenvalue weighted by molar-refractivity contribution is 7.89. The molecule has 28 heavy (non-hydrogen) atoms. The Balaban J connectivity index is 1.53. The quantitative estimate of drug-likeness (QED) is 0.733. The molecule has 6 nitrogen and oxygen atoms in total. The van der Waals surface area contributed by atoms with E-state index < -0.39 is 10.0 Å². The summed E-state index contributed by atoms with van der Waals surface area (Å²) in [7, 11) is -0.646. The van der Waals surface area contributed by atoms with Crippen LogP contribution in [0, 0.1) is 5.92 Å². The molecule has 0 aliphatic carbocycles. The SMILES string of the molecule is COc1ccc(S(=O)(=O)NCC2CCN(Cc3ccccc3)CC2)c(OC)c1. The van der Waals surface area contributed by atoms with Crippen LogP contribution in [-0.2, 0) is 16.6 Å². The molecule has 1 fully saturated rings. The molecule has 0 atom stereocenters. The molecular formula is C21H28N2O4S. The van der Waals surface area contributed by atoms with Crippen molar-refractivity contribution < 1.29 is 17.9 Å². The second kappa shape index (κ2) is 9.41. The van der Waals surface area contributed by atoms with Crippen LogP contribution >= 0.6 is 0 Å². The Bertz CT molecular complexity index is 863. The van der Waals surface area contributed by atoms with Gasteiger partial charge < -0.3 is 9.47 Å². The van der Waals surface area contributed by atoms with Crippen LogP contribution in [0.15, 0.2) is 53.4 Å². The zero-order chi connectivity index (χ0) is 20.0. The summed E-state index contributed by atoms with van der Waals surface area (Å²) in [5, 5.41) is 0. The highest BCUT2D eigenvalue weighted by Gasteiger charge is 2.24. The van der Waals surface area contributed by atoms with E-state index in [0.717, 1.165) is 32.5 Å². The Kier molecular flexibility index (Phi) is 6.93. The molecule has 1 aliphatic heterocycles. The van der Waals surface area contributed by atoms with Gasteiger partial charge in [0.15, 0.2) is 0 Å². The number of benzene rings is 2. The first-order valence-corrected chi connectivity index (χ1v) is 11.0. The van der Waals surface area contributed by atoms with Crippen molar-refractivity contribution in [2.45, 2.75) is 24.3 Å². The molecular weight excluding hydrogens is 376 g/mol. The first-order chi connectivity index (χ1) is 13.5. The zero-order valence-corrected chi connectivity index (χ0v) is 17.2. The van der Waals surface area contributed by atoms with E-state index >= 15 is 0 Å². The average molecular weight is 405 g/mol. The van der Waals surface area contributed by atoms with Gasteiger partial charge in [-0.25, -0.2) is 13.1 Å². The topological polar surface area (TPSA) is 67.9 Å². The highest BCUT2D eigenvalue weighted by Crippen LogP contribution is 2.28. The number of sulfonamides is 1. The van der Waals surface area contributed by atoms with Crippen molar-refractivity contribution in [3.63, 3.8) is 0 Å². The molecule has 1 N–H and O–H groups in total. The minimum absolute atomic E-state index is 0.136. The molecule has 1 saturated heterocycles. The van der Waals surface area contributed by atoms with Gasteiger partial charge in [-0.2, -0.15) is 0 Å². The molecule has 1 heterocycles. The lowest BCUT2D eigenvalue weighted by Gasteiger charge is -2.32. The van der Waals surface area contributed by atoms with Crippen LogP contribution < -0.4 is 14.2 Å². The van der Waals surface area contributed by atoms with Crippen LogP contribution in [0.2, 0.25) is 0 Å². The fraction of sp³-hybridized carbons (Fsp3) is 0.429. The van der Waals surface area contributed by atoms with Crippen molar-refractivity contribution in [3.05, 3.63) is 54.1 Å². The number of methoxy groups -OCH3 is 2. The van der Waals surface area contributed by atoms with E-state index in [-0.39, 0.29) is 10.6 Å². The normalized spacial score (nSPS) is 16.1. The first-order valence-electron chi connectivity index (χ1n) is 9.50. The Morgan fingerprint density at radius 2 is 1.75 bits per heavy atom. The molecule has 152 valence electrons. The highest BCUT2D eigenvalue weighted by atomic mass is 32.2. The van der Waals surface area contributed by atoms with Crippen LogP contribution in [0.3, 0.4) is 0 Å². The monoisotopic (exact) mass is 404 g/mol. The molecule has 0 spiro atoms. The second-order valence-electron chi connectivity index (χ2n) is 7.07. The van der Waals surface area contributed by atoms with Gasteiger partial charge >= 0.3 is 0 Å². The van der Waals surface area contributed by atoms with E-state index in [0.29, 0.717) is 18.2 Å². The smallest absolute Gasteiger partial charge is 0.244 e. The summed E-state index contributed by atoms with van der Waals surface area (Å²) >= 11 is 0. The van der Waals surface area contributed by atoms with Crippen molar-refractivity contribution in [2.75, 3.05) is 33.9 Å². The summed E-state index contributed by atoms with van der Waals surface area (Å²) in [5.74, 6) is 1.18. The van der Waals surface area contributed by atoms with Crippen molar-refractivity contribution in [1.82, 2.24) is 9.62 Å². The van der Waals surface area contributed by atoms with E-state index in [1.54, 1.807) is 12.1 Å². The number of ether oxygens (including phenoxy) is 2.